The van der Waals surface area contributed by atoms with E-state index in [9.17, 15) is 9.59 Å². The molecule has 0 fully saturated rings. The highest BCUT2D eigenvalue weighted by Crippen LogP contribution is 2.07. The van der Waals surface area contributed by atoms with Crippen molar-refractivity contribution in [2.75, 3.05) is 25.5 Å². The zero-order chi connectivity index (χ0) is 12.1. The van der Waals surface area contributed by atoms with Crippen molar-refractivity contribution in [2.45, 2.75) is 0 Å². The van der Waals surface area contributed by atoms with Crippen LogP contribution in [0, 0.1) is 0 Å². The summed E-state index contributed by atoms with van der Waals surface area (Å²) >= 11 is 0. The van der Waals surface area contributed by atoms with Gasteiger partial charge in [0.15, 0.2) is 0 Å². The molecular weight excluding hydrogens is 208 g/mol. The molecule has 0 aliphatic carbocycles. The van der Waals surface area contributed by atoms with Crippen molar-refractivity contribution in [3.05, 3.63) is 23.9 Å². The molecule has 0 unspecified atom stereocenters. The maximum atomic E-state index is 11.5. The molecule has 2 amide bonds. The lowest BCUT2D eigenvalue weighted by atomic mass is 10.2. The summed E-state index contributed by atoms with van der Waals surface area (Å²) in [7, 11) is 3.71. The second-order valence-electron chi connectivity index (χ2n) is 3.45. The molecule has 3 N–H and O–H groups in total. The first-order valence-electron chi connectivity index (χ1n) is 4.70. The standard InChI is InChI=1S/C10H14N4O2/c1-14(2)9-4-3-7(5-12-9)10(16)13-6-8(11)15/h3-5H,6H2,1-2H3,(H2,11,15)(H,13,16). The molecule has 0 aliphatic rings. The molecule has 0 atom stereocenters. The highest BCUT2D eigenvalue weighted by atomic mass is 16.2. The molecule has 1 rings (SSSR count). The fourth-order valence-electron chi connectivity index (χ4n) is 1.05. The van der Waals surface area contributed by atoms with Gasteiger partial charge in [0.25, 0.3) is 5.91 Å². The predicted molar refractivity (Wildman–Crippen MR) is 60.1 cm³/mol. The number of amides is 2. The van der Waals surface area contributed by atoms with Crippen LogP contribution in [0.3, 0.4) is 0 Å². The molecule has 0 bridgehead atoms. The van der Waals surface area contributed by atoms with Gasteiger partial charge in [-0.3, -0.25) is 9.59 Å². The van der Waals surface area contributed by atoms with Crippen LogP contribution in [0.1, 0.15) is 10.4 Å². The minimum absolute atomic E-state index is 0.172. The van der Waals surface area contributed by atoms with Gasteiger partial charge in [-0.1, -0.05) is 0 Å². The molecule has 0 aromatic carbocycles. The number of anilines is 1. The second kappa shape index (κ2) is 5.11. The molecule has 0 spiro atoms. The van der Waals surface area contributed by atoms with Crippen LogP contribution in [0.25, 0.3) is 0 Å². The molecular formula is C10H14N4O2. The molecule has 6 heteroatoms. The summed E-state index contributed by atoms with van der Waals surface area (Å²) in [4.78, 5) is 27.8. The van der Waals surface area contributed by atoms with E-state index in [1.54, 1.807) is 12.1 Å². The number of carbonyl (C=O) groups is 2. The minimum Gasteiger partial charge on any atom is -0.368 e. The van der Waals surface area contributed by atoms with Crippen molar-refractivity contribution in [1.82, 2.24) is 10.3 Å². The first-order chi connectivity index (χ1) is 7.50. The SMILES string of the molecule is CN(C)c1ccc(C(=O)NCC(N)=O)cn1. The van der Waals surface area contributed by atoms with Crippen LogP contribution in [-0.2, 0) is 4.79 Å². The number of nitrogens with one attached hydrogen (secondary N) is 1. The van der Waals surface area contributed by atoms with Crippen molar-refractivity contribution in [3.8, 4) is 0 Å². The molecule has 0 radical (unpaired) electrons. The second-order valence-corrected chi connectivity index (χ2v) is 3.45. The van der Waals surface area contributed by atoms with Gasteiger partial charge in [-0.2, -0.15) is 0 Å². The largest absolute Gasteiger partial charge is 0.368 e. The minimum atomic E-state index is -0.578. The van der Waals surface area contributed by atoms with Gasteiger partial charge in [-0.25, -0.2) is 4.98 Å². The summed E-state index contributed by atoms with van der Waals surface area (Å²) in [6.07, 6.45) is 1.45. The van der Waals surface area contributed by atoms with Crippen molar-refractivity contribution in [2.24, 2.45) is 5.73 Å². The predicted octanol–water partition coefficient (Wildman–Crippen LogP) is -0.637. The Morgan fingerprint density at radius 1 is 1.44 bits per heavy atom. The van der Waals surface area contributed by atoms with Gasteiger partial charge in [0, 0.05) is 20.3 Å². The zero-order valence-electron chi connectivity index (χ0n) is 9.23. The molecule has 1 aromatic rings. The average Bonchev–Trinajstić information content (AvgIpc) is 2.26. The highest BCUT2D eigenvalue weighted by Gasteiger charge is 2.07. The fraction of sp³-hybridized carbons (Fsp3) is 0.300. The van der Waals surface area contributed by atoms with E-state index in [-0.39, 0.29) is 12.5 Å². The van der Waals surface area contributed by atoms with Crippen molar-refractivity contribution in [3.63, 3.8) is 0 Å². The summed E-state index contributed by atoms with van der Waals surface area (Å²) < 4.78 is 0. The number of aromatic nitrogens is 1. The fourth-order valence-corrected chi connectivity index (χ4v) is 1.05. The molecule has 0 aliphatic heterocycles. The number of nitrogens with two attached hydrogens (primary N) is 1. The Kier molecular flexibility index (Phi) is 3.82. The lowest BCUT2D eigenvalue weighted by molar-refractivity contribution is -0.117. The zero-order valence-corrected chi connectivity index (χ0v) is 9.23. The molecule has 0 saturated carbocycles. The summed E-state index contributed by atoms with van der Waals surface area (Å²) in [6.45, 7) is -0.172. The van der Waals surface area contributed by atoms with E-state index in [2.05, 4.69) is 10.3 Å². The topological polar surface area (TPSA) is 88.3 Å². The number of rotatable bonds is 4. The number of hydrogen-bond donors (Lipinski definition) is 2. The Morgan fingerprint density at radius 2 is 2.12 bits per heavy atom. The Hall–Kier alpha value is -2.11. The van der Waals surface area contributed by atoms with Crippen LogP contribution in [0.15, 0.2) is 18.3 Å². The Labute approximate surface area is 93.4 Å². The van der Waals surface area contributed by atoms with Crippen LogP contribution >= 0.6 is 0 Å². The molecule has 6 nitrogen and oxygen atoms in total. The third kappa shape index (κ3) is 3.23. The number of primary amides is 1. The Morgan fingerprint density at radius 3 is 2.56 bits per heavy atom. The van der Waals surface area contributed by atoms with E-state index in [4.69, 9.17) is 5.73 Å². The van der Waals surface area contributed by atoms with Crippen molar-refractivity contribution >= 4 is 17.6 Å². The van der Waals surface area contributed by atoms with Gasteiger partial charge in [0.05, 0.1) is 12.1 Å². The number of pyridine rings is 1. The van der Waals surface area contributed by atoms with Gasteiger partial charge in [-0.15, -0.1) is 0 Å². The number of carbonyl (C=O) groups excluding carboxylic acids is 2. The maximum absolute atomic E-state index is 11.5. The van der Waals surface area contributed by atoms with E-state index < -0.39 is 5.91 Å². The lowest BCUT2D eigenvalue weighted by Crippen LogP contribution is -2.33. The molecule has 16 heavy (non-hydrogen) atoms. The quantitative estimate of drug-likeness (QED) is 0.709. The van der Waals surface area contributed by atoms with E-state index in [1.807, 2.05) is 19.0 Å². The Balaban J connectivity index is 2.66. The summed E-state index contributed by atoms with van der Waals surface area (Å²) in [5.74, 6) is -0.186. The molecule has 1 aromatic heterocycles. The Bertz CT molecular complexity index is 386. The van der Waals surface area contributed by atoms with Gasteiger partial charge >= 0.3 is 0 Å². The van der Waals surface area contributed by atoms with Gasteiger partial charge < -0.3 is 16.0 Å². The monoisotopic (exact) mass is 222 g/mol. The van der Waals surface area contributed by atoms with Gasteiger partial charge in [-0.05, 0) is 12.1 Å². The summed E-state index contributed by atoms with van der Waals surface area (Å²) in [6, 6.07) is 3.36. The summed E-state index contributed by atoms with van der Waals surface area (Å²) in [5.41, 5.74) is 5.30. The van der Waals surface area contributed by atoms with Gasteiger partial charge in [0.1, 0.15) is 5.82 Å². The van der Waals surface area contributed by atoms with E-state index >= 15 is 0 Å². The highest BCUT2D eigenvalue weighted by molar-refractivity contribution is 5.96. The van der Waals surface area contributed by atoms with E-state index in [0.29, 0.717) is 5.56 Å². The van der Waals surface area contributed by atoms with Gasteiger partial charge in [0.2, 0.25) is 5.91 Å². The normalized spacial score (nSPS) is 9.62. The maximum Gasteiger partial charge on any atom is 0.253 e. The number of nitrogens with zero attached hydrogens (tertiary/aromatic N) is 2. The third-order valence-electron chi connectivity index (χ3n) is 1.89. The van der Waals surface area contributed by atoms with Crippen molar-refractivity contribution < 1.29 is 9.59 Å². The van der Waals surface area contributed by atoms with Crippen molar-refractivity contribution in [1.29, 1.82) is 0 Å². The van der Waals surface area contributed by atoms with E-state index in [1.165, 1.54) is 6.20 Å². The molecule has 1 heterocycles. The first-order valence-corrected chi connectivity index (χ1v) is 4.70. The van der Waals surface area contributed by atoms with E-state index in [0.717, 1.165) is 5.82 Å². The van der Waals surface area contributed by atoms with Crippen LogP contribution in [-0.4, -0.2) is 37.4 Å². The third-order valence-corrected chi connectivity index (χ3v) is 1.89. The lowest BCUT2D eigenvalue weighted by Gasteiger charge is -2.10. The smallest absolute Gasteiger partial charge is 0.253 e. The molecule has 86 valence electrons. The van der Waals surface area contributed by atoms with Crippen LogP contribution < -0.4 is 16.0 Å². The van der Waals surface area contributed by atoms with Crippen LogP contribution in [0.4, 0.5) is 5.82 Å². The summed E-state index contributed by atoms with van der Waals surface area (Å²) in [5, 5.41) is 2.38. The number of hydrogen-bond acceptors (Lipinski definition) is 4. The van der Waals surface area contributed by atoms with Crippen LogP contribution in [0.2, 0.25) is 0 Å². The average molecular weight is 222 g/mol. The van der Waals surface area contributed by atoms with Crippen LogP contribution in [0.5, 0.6) is 0 Å². The molecule has 0 saturated heterocycles. The first kappa shape index (κ1) is 12.0.